The van der Waals surface area contributed by atoms with Crippen molar-refractivity contribution in [3.05, 3.63) is 28.3 Å². The van der Waals surface area contributed by atoms with Crippen LogP contribution in [0, 0.1) is 5.92 Å². The molecule has 4 rings (SSSR count). The lowest BCUT2D eigenvalue weighted by molar-refractivity contribution is -0.129. The van der Waals surface area contributed by atoms with E-state index in [4.69, 9.17) is 4.52 Å². The van der Waals surface area contributed by atoms with Crippen LogP contribution in [0.5, 0.6) is 0 Å². The van der Waals surface area contributed by atoms with Gasteiger partial charge in [-0.2, -0.15) is 4.98 Å². The van der Waals surface area contributed by atoms with Gasteiger partial charge in [0.25, 0.3) is 5.91 Å². The Labute approximate surface area is 155 Å². The van der Waals surface area contributed by atoms with Gasteiger partial charge < -0.3 is 14.3 Å². The molecule has 4 heterocycles. The van der Waals surface area contributed by atoms with Crippen molar-refractivity contribution in [3.63, 3.8) is 0 Å². The zero-order valence-electron chi connectivity index (χ0n) is 14.6. The maximum atomic E-state index is 12.2. The number of hydrogen-bond donors (Lipinski definition) is 0. The minimum absolute atomic E-state index is 0.00838. The Balaban J connectivity index is 1.26. The molecule has 2 saturated heterocycles. The van der Waals surface area contributed by atoms with E-state index in [1.807, 2.05) is 4.90 Å². The standard InChI is InChI=1S/C17H21N5O3S/c1-11(23)21-4-2-13(3-5-21)16-19-15(25-20-16)6-12-7-22(8-12)17(24)14-9-26-10-18-14/h9-10,12-13H,2-8H2,1H3. The number of piperidine rings is 1. The molecule has 2 aromatic rings. The van der Waals surface area contributed by atoms with Crippen LogP contribution < -0.4 is 0 Å². The summed E-state index contributed by atoms with van der Waals surface area (Å²) in [5, 5.41) is 5.91. The highest BCUT2D eigenvalue weighted by atomic mass is 32.1. The van der Waals surface area contributed by atoms with Gasteiger partial charge in [0.15, 0.2) is 5.82 Å². The van der Waals surface area contributed by atoms with Crippen LogP contribution in [0.4, 0.5) is 0 Å². The molecular formula is C17H21N5O3S. The Morgan fingerprint density at radius 1 is 1.27 bits per heavy atom. The average molecular weight is 375 g/mol. The van der Waals surface area contributed by atoms with Crippen molar-refractivity contribution in [2.45, 2.75) is 32.1 Å². The van der Waals surface area contributed by atoms with Crippen molar-refractivity contribution < 1.29 is 14.1 Å². The largest absolute Gasteiger partial charge is 0.343 e. The number of carbonyl (C=O) groups excluding carboxylic acids is 2. The van der Waals surface area contributed by atoms with Gasteiger partial charge in [-0.15, -0.1) is 11.3 Å². The molecule has 0 aromatic carbocycles. The van der Waals surface area contributed by atoms with Crippen molar-refractivity contribution in [1.82, 2.24) is 24.9 Å². The van der Waals surface area contributed by atoms with E-state index < -0.39 is 0 Å². The predicted octanol–water partition coefficient (Wildman–Crippen LogP) is 1.57. The summed E-state index contributed by atoms with van der Waals surface area (Å²) < 4.78 is 5.41. The van der Waals surface area contributed by atoms with Gasteiger partial charge in [0.05, 0.1) is 5.51 Å². The number of carbonyl (C=O) groups is 2. The van der Waals surface area contributed by atoms with Gasteiger partial charge in [-0.1, -0.05) is 5.16 Å². The van der Waals surface area contributed by atoms with E-state index in [2.05, 4.69) is 15.1 Å². The molecule has 2 aliphatic rings. The third kappa shape index (κ3) is 3.48. The Morgan fingerprint density at radius 2 is 2.04 bits per heavy atom. The number of thiazole rings is 1. The van der Waals surface area contributed by atoms with Crippen LogP contribution in [0.2, 0.25) is 0 Å². The molecule has 9 heteroatoms. The summed E-state index contributed by atoms with van der Waals surface area (Å²) in [5.41, 5.74) is 2.19. The van der Waals surface area contributed by atoms with E-state index in [9.17, 15) is 9.59 Å². The molecule has 0 bridgehead atoms. The van der Waals surface area contributed by atoms with Gasteiger partial charge in [-0.05, 0) is 12.8 Å². The Bertz CT molecular complexity index is 776. The van der Waals surface area contributed by atoms with Crippen molar-refractivity contribution in [2.75, 3.05) is 26.2 Å². The molecule has 2 fully saturated rings. The number of rotatable bonds is 4. The zero-order chi connectivity index (χ0) is 18.1. The summed E-state index contributed by atoms with van der Waals surface area (Å²) >= 11 is 1.43. The molecule has 2 aliphatic heterocycles. The smallest absolute Gasteiger partial charge is 0.273 e. The molecule has 0 spiro atoms. The summed E-state index contributed by atoms with van der Waals surface area (Å²) in [6.07, 6.45) is 2.44. The van der Waals surface area contributed by atoms with Crippen molar-refractivity contribution in [2.24, 2.45) is 5.92 Å². The Kier molecular flexibility index (Phi) is 4.71. The molecule has 0 N–H and O–H groups in total. The van der Waals surface area contributed by atoms with E-state index in [0.29, 0.717) is 37.0 Å². The Hall–Kier alpha value is -2.29. The highest BCUT2D eigenvalue weighted by molar-refractivity contribution is 7.07. The van der Waals surface area contributed by atoms with Crippen molar-refractivity contribution in [1.29, 1.82) is 0 Å². The molecule has 8 nitrogen and oxygen atoms in total. The lowest BCUT2D eigenvalue weighted by Crippen LogP contribution is -2.50. The summed E-state index contributed by atoms with van der Waals surface area (Å²) in [5.74, 6) is 2.11. The number of aromatic nitrogens is 3. The maximum Gasteiger partial charge on any atom is 0.273 e. The first-order valence-electron chi connectivity index (χ1n) is 8.85. The topological polar surface area (TPSA) is 92.4 Å². The summed E-state index contributed by atoms with van der Waals surface area (Å²) in [6.45, 7) is 4.50. The minimum atomic E-state index is -0.00838. The molecule has 26 heavy (non-hydrogen) atoms. The third-order valence-corrected chi connectivity index (χ3v) is 5.73. The fraction of sp³-hybridized carbons (Fsp3) is 0.588. The van der Waals surface area contributed by atoms with Crippen molar-refractivity contribution >= 4 is 23.2 Å². The van der Waals surface area contributed by atoms with Crippen LogP contribution in [0.15, 0.2) is 15.4 Å². The highest BCUT2D eigenvalue weighted by Gasteiger charge is 2.33. The fourth-order valence-electron chi connectivity index (χ4n) is 3.56. The lowest BCUT2D eigenvalue weighted by atomic mass is 9.95. The summed E-state index contributed by atoms with van der Waals surface area (Å²) in [6, 6.07) is 0. The molecule has 0 saturated carbocycles. The minimum Gasteiger partial charge on any atom is -0.343 e. The highest BCUT2D eigenvalue weighted by Crippen LogP contribution is 2.27. The Morgan fingerprint density at radius 3 is 2.69 bits per heavy atom. The molecule has 2 aromatic heterocycles. The fourth-order valence-corrected chi connectivity index (χ4v) is 4.09. The van der Waals surface area contributed by atoms with E-state index in [-0.39, 0.29) is 17.7 Å². The van der Waals surface area contributed by atoms with Crippen LogP contribution in [-0.4, -0.2) is 62.9 Å². The van der Waals surface area contributed by atoms with Crippen LogP contribution in [-0.2, 0) is 11.2 Å². The normalized spacial score (nSPS) is 18.8. The second-order valence-electron chi connectivity index (χ2n) is 6.98. The van der Waals surface area contributed by atoms with Gasteiger partial charge in [0.1, 0.15) is 5.69 Å². The van der Waals surface area contributed by atoms with E-state index in [1.54, 1.807) is 22.7 Å². The number of hydrogen-bond acceptors (Lipinski definition) is 7. The molecule has 0 radical (unpaired) electrons. The number of likely N-dealkylation sites (tertiary alicyclic amines) is 2. The van der Waals surface area contributed by atoms with E-state index >= 15 is 0 Å². The monoisotopic (exact) mass is 375 g/mol. The summed E-state index contributed by atoms with van der Waals surface area (Å²) in [4.78, 5) is 35.8. The molecular weight excluding hydrogens is 354 g/mol. The van der Waals surface area contributed by atoms with Crippen LogP contribution >= 0.6 is 11.3 Å². The van der Waals surface area contributed by atoms with Gasteiger partial charge >= 0.3 is 0 Å². The molecule has 0 unspecified atom stereocenters. The van der Waals surface area contributed by atoms with Crippen LogP contribution in [0.25, 0.3) is 0 Å². The first-order chi connectivity index (χ1) is 12.6. The second-order valence-corrected chi connectivity index (χ2v) is 7.70. The number of nitrogens with zero attached hydrogens (tertiary/aromatic N) is 5. The molecule has 2 amide bonds. The van der Waals surface area contributed by atoms with E-state index in [1.165, 1.54) is 11.3 Å². The van der Waals surface area contributed by atoms with Crippen LogP contribution in [0.3, 0.4) is 0 Å². The molecule has 138 valence electrons. The average Bonchev–Trinajstić information content (AvgIpc) is 3.29. The lowest BCUT2D eigenvalue weighted by Gasteiger charge is -2.38. The first-order valence-corrected chi connectivity index (χ1v) is 9.80. The first kappa shape index (κ1) is 17.1. The molecule has 0 atom stereocenters. The van der Waals surface area contributed by atoms with Gasteiger partial charge in [0, 0.05) is 56.7 Å². The third-order valence-electron chi connectivity index (χ3n) is 5.15. The second kappa shape index (κ2) is 7.14. The van der Waals surface area contributed by atoms with Gasteiger partial charge in [0.2, 0.25) is 11.8 Å². The van der Waals surface area contributed by atoms with Gasteiger partial charge in [-0.3, -0.25) is 9.59 Å². The SMILES string of the molecule is CC(=O)N1CCC(c2noc(CC3CN(C(=O)c4cscn4)C3)n2)CC1. The quantitative estimate of drug-likeness (QED) is 0.805. The summed E-state index contributed by atoms with van der Waals surface area (Å²) in [7, 11) is 0. The van der Waals surface area contributed by atoms with Crippen molar-refractivity contribution in [3.8, 4) is 0 Å². The number of amides is 2. The zero-order valence-corrected chi connectivity index (χ0v) is 15.4. The predicted molar refractivity (Wildman–Crippen MR) is 93.7 cm³/mol. The van der Waals surface area contributed by atoms with Gasteiger partial charge in [-0.25, -0.2) is 4.98 Å². The van der Waals surface area contributed by atoms with E-state index in [0.717, 1.165) is 31.8 Å². The maximum absolute atomic E-state index is 12.2. The molecule has 0 aliphatic carbocycles. The van der Waals surface area contributed by atoms with Crippen LogP contribution in [0.1, 0.15) is 47.9 Å².